The third kappa shape index (κ3) is 3.39. The van der Waals surface area contributed by atoms with Crippen molar-refractivity contribution in [3.63, 3.8) is 0 Å². The second-order valence-electron chi connectivity index (χ2n) is 3.82. The maximum absolute atomic E-state index is 11.8. The van der Waals surface area contributed by atoms with Crippen molar-refractivity contribution in [2.75, 3.05) is 6.54 Å². The van der Waals surface area contributed by atoms with Crippen molar-refractivity contribution < 1.29 is 27.9 Å². The van der Waals surface area contributed by atoms with Crippen molar-refractivity contribution in [1.29, 1.82) is 0 Å². The Balaban J connectivity index is 2.50. The molecule has 0 radical (unpaired) electrons. The number of alkyl halides is 3. The molecule has 1 aliphatic rings. The van der Waals surface area contributed by atoms with E-state index in [0.29, 0.717) is 19.3 Å². The van der Waals surface area contributed by atoms with Gasteiger partial charge >= 0.3 is 12.1 Å². The minimum Gasteiger partial charge on any atom is -0.481 e. The van der Waals surface area contributed by atoms with Crippen LogP contribution in [0.15, 0.2) is 0 Å². The lowest BCUT2D eigenvalue weighted by Crippen LogP contribution is -2.40. The predicted molar refractivity (Wildman–Crippen MR) is 47.5 cm³/mol. The Labute approximate surface area is 89.8 Å². The number of halogens is 3. The maximum atomic E-state index is 11.8. The van der Waals surface area contributed by atoms with Crippen LogP contribution in [0.2, 0.25) is 0 Å². The fourth-order valence-corrected chi connectivity index (χ4v) is 1.89. The van der Waals surface area contributed by atoms with Gasteiger partial charge in [0, 0.05) is 0 Å². The summed E-state index contributed by atoms with van der Waals surface area (Å²) in [4.78, 5) is 22.0. The number of amides is 1. The van der Waals surface area contributed by atoms with Crippen molar-refractivity contribution in [3.05, 3.63) is 0 Å². The predicted octanol–water partition coefficient (Wildman–Crippen LogP) is 1.17. The number of rotatable bonds is 3. The average molecular weight is 239 g/mol. The van der Waals surface area contributed by atoms with Crippen LogP contribution in [-0.2, 0) is 9.59 Å². The Morgan fingerprint density at radius 2 is 1.81 bits per heavy atom. The summed E-state index contributed by atoms with van der Waals surface area (Å²) in [5.74, 6) is -3.63. The molecule has 92 valence electrons. The van der Waals surface area contributed by atoms with Gasteiger partial charge in [-0.2, -0.15) is 13.2 Å². The smallest absolute Gasteiger partial charge is 0.405 e. The molecule has 0 aromatic heterocycles. The van der Waals surface area contributed by atoms with Gasteiger partial charge in [0.25, 0.3) is 0 Å². The molecule has 4 nitrogen and oxygen atoms in total. The number of carbonyl (C=O) groups is 2. The summed E-state index contributed by atoms with van der Waals surface area (Å²) in [5.41, 5.74) is 0. The van der Waals surface area contributed by atoms with Crippen LogP contribution in [0.4, 0.5) is 13.2 Å². The molecule has 0 heterocycles. The van der Waals surface area contributed by atoms with Crippen LogP contribution in [0.25, 0.3) is 0 Å². The van der Waals surface area contributed by atoms with Crippen molar-refractivity contribution >= 4 is 11.9 Å². The molecule has 16 heavy (non-hydrogen) atoms. The van der Waals surface area contributed by atoms with Gasteiger partial charge in [0.2, 0.25) is 5.91 Å². The molecule has 1 fully saturated rings. The van der Waals surface area contributed by atoms with Crippen molar-refractivity contribution in [1.82, 2.24) is 5.32 Å². The van der Waals surface area contributed by atoms with Crippen molar-refractivity contribution in [2.45, 2.75) is 25.4 Å². The van der Waals surface area contributed by atoms with E-state index in [1.165, 1.54) is 0 Å². The topological polar surface area (TPSA) is 66.4 Å². The third-order valence-electron chi connectivity index (χ3n) is 2.63. The minimum atomic E-state index is -4.47. The molecule has 0 saturated heterocycles. The van der Waals surface area contributed by atoms with E-state index in [-0.39, 0.29) is 0 Å². The number of nitrogens with one attached hydrogen (secondary N) is 1. The van der Waals surface area contributed by atoms with E-state index in [1.807, 2.05) is 0 Å². The van der Waals surface area contributed by atoms with Gasteiger partial charge in [0.1, 0.15) is 6.54 Å². The Morgan fingerprint density at radius 1 is 1.25 bits per heavy atom. The van der Waals surface area contributed by atoms with E-state index in [2.05, 4.69) is 0 Å². The first-order valence-electron chi connectivity index (χ1n) is 4.88. The Hall–Kier alpha value is -1.27. The molecule has 0 bridgehead atoms. The van der Waals surface area contributed by atoms with Crippen molar-refractivity contribution in [2.24, 2.45) is 11.8 Å². The quantitative estimate of drug-likeness (QED) is 0.776. The molecule has 1 saturated carbocycles. The SMILES string of the molecule is O=C(O)[C@H]1CCC[C@H]1C(=O)NCC(F)(F)F. The van der Waals surface area contributed by atoms with Gasteiger partial charge in [-0.05, 0) is 12.8 Å². The number of carbonyl (C=O) groups excluding carboxylic acids is 1. The van der Waals surface area contributed by atoms with Gasteiger partial charge in [-0.1, -0.05) is 6.42 Å². The largest absolute Gasteiger partial charge is 0.481 e. The third-order valence-corrected chi connectivity index (χ3v) is 2.63. The highest BCUT2D eigenvalue weighted by Gasteiger charge is 2.39. The molecular weight excluding hydrogens is 227 g/mol. The van der Waals surface area contributed by atoms with Crippen molar-refractivity contribution in [3.8, 4) is 0 Å². The molecule has 0 unspecified atom stereocenters. The highest BCUT2D eigenvalue weighted by atomic mass is 19.4. The van der Waals surface area contributed by atoms with Gasteiger partial charge in [0.15, 0.2) is 0 Å². The summed E-state index contributed by atoms with van der Waals surface area (Å²) in [5, 5.41) is 10.5. The van der Waals surface area contributed by atoms with Gasteiger partial charge in [0.05, 0.1) is 11.8 Å². The molecule has 1 aliphatic carbocycles. The summed E-state index contributed by atoms with van der Waals surface area (Å²) >= 11 is 0. The lowest BCUT2D eigenvalue weighted by atomic mass is 9.95. The van der Waals surface area contributed by atoms with E-state index in [0.717, 1.165) is 0 Å². The number of hydrogen-bond donors (Lipinski definition) is 2. The van der Waals surface area contributed by atoms with Crippen LogP contribution in [0, 0.1) is 11.8 Å². The van der Waals surface area contributed by atoms with E-state index in [9.17, 15) is 22.8 Å². The van der Waals surface area contributed by atoms with E-state index >= 15 is 0 Å². The molecule has 0 aliphatic heterocycles. The molecule has 0 aromatic carbocycles. The first kappa shape index (κ1) is 12.8. The van der Waals surface area contributed by atoms with E-state index in [4.69, 9.17) is 5.11 Å². The fourth-order valence-electron chi connectivity index (χ4n) is 1.89. The zero-order valence-corrected chi connectivity index (χ0v) is 8.38. The first-order valence-corrected chi connectivity index (χ1v) is 4.88. The normalized spacial score (nSPS) is 25.4. The van der Waals surface area contributed by atoms with Crippen LogP contribution >= 0.6 is 0 Å². The summed E-state index contributed by atoms with van der Waals surface area (Å²) in [6.45, 7) is -1.41. The Bertz CT molecular complexity index is 290. The number of carboxylic acid groups (broad SMARTS) is 1. The van der Waals surface area contributed by atoms with Gasteiger partial charge < -0.3 is 10.4 Å². The summed E-state index contributed by atoms with van der Waals surface area (Å²) in [6.07, 6.45) is -3.23. The van der Waals surface area contributed by atoms with Crippen LogP contribution < -0.4 is 5.32 Å². The van der Waals surface area contributed by atoms with Gasteiger partial charge in [-0.15, -0.1) is 0 Å². The van der Waals surface area contributed by atoms with E-state index < -0.39 is 36.4 Å². The zero-order chi connectivity index (χ0) is 12.3. The van der Waals surface area contributed by atoms with Crippen LogP contribution in [0.5, 0.6) is 0 Å². The summed E-state index contributed by atoms with van der Waals surface area (Å²) < 4.78 is 35.5. The maximum Gasteiger partial charge on any atom is 0.405 e. The Morgan fingerprint density at radius 3 is 2.31 bits per heavy atom. The minimum absolute atomic E-state index is 0.334. The van der Waals surface area contributed by atoms with Crippen LogP contribution in [0.3, 0.4) is 0 Å². The number of carboxylic acids is 1. The van der Waals surface area contributed by atoms with Crippen LogP contribution in [0.1, 0.15) is 19.3 Å². The monoisotopic (exact) mass is 239 g/mol. The molecule has 0 spiro atoms. The standard InChI is InChI=1S/C9H12F3NO3/c10-9(11,12)4-13-7(14)5-2-1-3-6(5)8(15)16/h5-6H,1-4H2,(H,13,14)(H,15,16)/t5-,6+/m1/s1. The number of aliphatic carboxylic acids is 1. The molecule has 7 heteroatoms. The zero-order valence-electron chi connectivity index (χ0n) is 8.38. The molecule has 2 N–H and O–H groups in total. The average Bonchev–Trinajstić information content (AvgIpc) is 2.61. The van der Waals surface area contributed by atoms with Gasteiger partial charge in [-0.3, -0.25) is 9.59 Å². The molecular formula is C9H12F3NO3. The molecule has 1 amide bonds. The first-order chi connectivity index (χ1) is 7.31. The summed E-state index contributed by atoms with van der Waals surface area (Å²) in [7, 11) is 0. The van der Waals surface area contributed by atoms with Gasteiger partial charge in [-0.25, -0.2) is 0 Å². The highest BCUT2D eigenvalue weighted by Crippen LogP contribution is 2.32. The second kappa shape index (κ2) is 4.71. The molecule has 0 aromatic rings. The lowest BCUT2D eigenvalue weighted by molar-refractivity contribution is -0.148. The van der Waals surface area contributed by atoms with Crippen LogP contribution in [-0.4, -0.2) is 29.7 Å². The molecule has 2 atom stereocenters. The second-order valence-corrected chi connectivity index (χ2v) is 3.82. The van der Waals surface area contributed by atoms with E-state index in [1.54, 1.807) is 5.32 Å². The number of hydrogen-bond acceptors (Lipinski definition) is 2. The fraction of sp³-hybridized carbons (Fsp3) is 0.778. The summed E-state index contributed by atoms with van der Waals surface area (Å²) in [6, 6.07) is 0. The highest BCUT2D eigenvalue weighted by molar-refractivity contribution is 5.85. The lowest BCUT2D eigenvalue weighted by Gasteiger charge is -2.16. The Kier molecular flexibility index (Phi) is 3.77. The molecule has 1 rings (SSSR count).